The van der Waals surface area contributed by atoms with Crippen molar-refractivity contribution in [1.29, 1.82) is 0 Å². The van der Waals surface area contributed by atoms with E-state index in [9.17, 15) is 9.90 Å². The Kier molecular flexibility index (Phi) is 5.42. The van der Waals surface area contributed by atoms with E-state index < -0.39 is 5.60 Å². The molecule has 2 amide bonds. The van der Waals surface area contributed by atoms with Gasteiger partial charge in [0.15, 0.2) is 5.75 Å². The molecule has 1 saturated heterocycles. The first-order valence-corrected chi connectivity index (χ1v) is 8.33. The van der Waals surface area contributed by atoms with Gasteiger partial charge < -0.3 is 20.1 Å². The molecule has 0 aromatic heterocycles. The molecular formula is C17H25ClN2O3. The van der Waals surface area contributed by atoms with Crippen LogP contribution in [0.2, 0.25) is 5.02 Å². The smallest absolute Gasteiger partial charge is 0.322 e. The normalized spacial score (nSPS) is 18.4. The van der Waals surface area contributed by atoms with E-state index in [1.165, 1.54) is 0 Å². The van der Waals surface area contributed by atoms with Crippen molar-refractivity contribution in [2.24, 2.45) is 0 Å². The largest absolute Gasteiger partial charge is 0.487 e. The summed E-state index contributed by atoms with van der Waals surface area (Å²) in [5, 5.41) is 13.6. The summed E-state index contributed by atoms with van der Waals surface area (Å²) in [5.74, 6) is 0.469. The van der Waals surface area contributed by atoms with E-state index in [1.54, 1.807) is 36.9 Å². The molecule has 2 rings (SSSR count). The Bertz CT molecular complexity index is 569. The number of nitrogens with one attached hydrogen (secondary N) is 1. The molecule has 23 heavy (non-hydrogen) atoms. The van der Waals surface area contributed by atoms with Gasteiger partial charge in [-0.1, -0.05) is 17.7 Å². The van der Waals surface area contributed by atoms with Crippen LogP contribution in [0, 0.1) is 0 Å². The second-order valence-electron chi connectivity index (χ2n) is 6.72. The summed E-state index contributed by atoms with van der Waals surface area (Å²) in [4.78, 5) is 14.3. The lowest BCUT2D eigenvalue weighted by Gasteiger charge is -2.33. The maximum absolute atomic E-state index is 12.6. The number of likely N-dealkylation sites (tertiary alicyclic amines) is 1. The molecule has 0 aliphatic carbocycles. The standard InChI is InChI=1S/C17H25ClN2O3/c1-11(2)23-15-12(18)7-5-8-13(15)19-16(21)20-10-6-9-14(20)17(3,4)22/h5,7-8,11,14,22H,6,9-10H2,1-4H3,(H,19,21). The number of aliphatic hydroxyl groups is 1. The first-order chi connectivity index (χ1) is 10.7. The lowest BCUT2D eigenvalue weighted by Crippen LogP contribution is -2.49. The molecule has 1 aliphatic rings. The van der Waals surface area contributed by atoms with Crippen LogP contribution in [-0.4, -0.2) is 40.3 Å². The van der Waals surface area contributed by atoms with Gasteiger partial charge in [0.2, 0.25) is 0 Å². The zero-order chi connectivity index (χ0) is 17.2. The number of ether oxygens (including phenoxy) is 1. The third-order valence-corrected chi connectivity index (χ3v) is 4.19. The van der Waals surface area contributed by atoms with Gasteiger partial charge in [-0.3, -0.25) is 0 Å². The second kappa shape index (κ2) is 6.97. The molecule has 0 bridgehead atoms. The van der Waals surface area contributed by atoms with Crippen molar-refractivity contribution in [1.82, 2.24) is 4.90 Å². The summed E-state index contributed by atoms with van der Waals surface area (Å²) in [5.41, 5.74) is -0.392. The molecule has 128 valence electrons. The third-order valence-electron chi connectivity index (χ3n) is 3.89. The molecule has 1 unspecified atom stereocenters. The molecular weight excluding hydrogens is 316 g/mol. The fourth-order valence-corrected chi connectivity index (χ4v) is 3.11. The molecule has 1 aromatic carbocycles. The summed E-state index contributed by atoms with van der Waals surface area (Å²) in [6, 6.07) is 4.81. The zero-order valence-corrected chi connectivity index (χ0v) is 14.9. The van der Waals surface area contributed by atoms with E-state index in [4.69, 9.17) is 16.3 Å². The predicted molar refractivity (Wildman–Crippen MR) is 92.3 cm³/mol. The average Bonchev–Trinajstić information content (AvgIpc) is 2.91. The third kappa shape index (κ3) is 4.30. The van der Waals surface area contributed by atoms with Crippen LogP contribution in [0.1, 0.15) is 40.5 Å². The molecule has 2 N–H and O–H groups in total. The van der Waals surface area contributed by atoms with Crippen molar-refractivity contribution in [3.05, 3.63) is 23.2 Å². The van der Waals surface area contributed by atoms with Gasteiger partial charge >= 0.3 is 6.03 Å². The molecule has 1 atom stereocenters. The maximum Gasteiger partial charge on any atom is 0.322 e. The molecule has 0 saturated carbocycles. The SMILES string of the molecule is CC(C)Oc1c(Cl)cccc1NC(=O)N1CCCC1C(C)(C)O. The van der Waals surface area contributed by atoms with Crippen LogP contribution in [0.5, 0.6) is 5.75 Å². The average molecular weight is 341 g/mol. The Morgan fingerprint density at radius 2 is 2.17 bits per heavy atom. The number of amides is 2. The van der Waals surface area contributed by atoms with Gasteiger partial charge in [-0.05, 0) is 52.7 Å². The lowest BCUT2D eigenvalue weighted by molar-refractivity contribution is 0.0117. The number of urea groups is 1. The van der Waals surface area contributed by atoms with E-state index >= 15 is 0 Å². The number of carbonyl (C=O) groups is 1. The van der Waals surface area contributed by atoms with Gasteiger partial charge in [-0.25, -0.2) is 4.79 Å². The number of nitrogens with zero attached hydrogens (tertiary/aromatic N) is 1. The second-order valence-corrected chi connectivity index (χ2v) is 7.13. The highest BCUT2D eigenvalue weighted by Crippen LogP contribution is 2.35. The van der Waals surface area contributed by atoms with E-state index in [2.05, 4.69) is 5.32 Å². The molecule has 1 fully saturated rings. The number of para-hydroxylation sites is 1. The van der Waals surface area contributed by atoms with Crippen molar-refractivity contribution in [3.8, 4) is 5.75 Å². The van der Waals surface area contributed by atoms with E-state index in [1.807, 2.05) is 13.8 Å². The molecule has 5 nitrogen and oxygen atoms in total. The number of rotatable bonds is 4. The maximum atomic E-state index is 12.6. The topological polar surface area (TPSA) is 61.8 Å². The van der Waals surface area contributed by atoms with Gasteiger partial charge in [0.05, 0.1) is 28.5 Å². The summed E-state index contributed by atoms with van der Waals surface area (Å²) >= 11 is 6.19. The summed E-state index contributed by atoms with van der Waals surface area (Å²) in [6.45, 7) is 7.90. The molecule has 0 radical (unpaired) electrons. The highest BCUT2D eigenvalue weighted by molar-refractivity contribution is 6.32. The Morgan fingerprint density at radius 1 is 1.48 bits per heavy atom. The Balaban J connectivity index is 2.19. The fraction of sp³-hybridized carbons (Fsp3) is 0.588. The van der Waals surface area contributed by atoms with Crippen molar-refractivity contribution in [3.63, 3.8) is 0 Å². The van der Waals surface area contributed by atoms with Gasteiger partial charge in [-0.2, -0.15) is 0 Å². The summed E-state index contributed by atoms with van der Waals surface area (Å²) in [7, 11) is 0. The molecule has 1 heterocycles. The molecule has 1 aromatic rings. The molecule has 1 aliphatic heterocycles. The van der Waals surface area contributed by atoms with E-state index in [0.29, 0.717) is 23.0 Å². The number of hydrogen-bond donors (Lipinski definition) is 2. The number of carbonyl (C=O) groups excluding carboxylic acids is 1. The zero-order valence-electron chi connectivity index (χ0n) is 14.1. The van der Waals surface area contributed by atoms with Crippen LogP contribution in [0.3, 0.4) is 0 Å². The number of anilines is 1. The lowest BCUT2D eigenvalue weighted by atomic mass is 9.97. The van der Waals surface area contributed by atoms with Crippen LogP contribution in [-0.2, 0) is 0 Å². The van der Waals surface area contributed by atoms with Gasteiger partial charge in [0, 0.05) is 6.54 Å². The van der Waals surface area contributed by atoms with Gasteiger partial charge in [0.1, 0.15) is 0 Å². The van der Waals surface area contributed by atoms with Crippen molar-refractivity contribution in [2.75, 3.05) is 11.9 Å². The van der Waals surface area contributed by atoms with Crippen LogP contribution < -0.4 is 10.1 Å². The first-order valence-electron chi connectivity index (χ1n) is 7.95. The van der Waals surface area contributed by atoms with Crippen molar-refractivity contribution in [2.45, 2.75) is 58.3 Å². The Hall–Kier alpha value is -1.46. The quantitative estimate of drug-likeness (QED) is 0.874. The molecule has 0 spiro atoms. The van der Waals surface area contributed by atoms with Gasteiger partial charge in [-0.15, -0.1) is 0 Å². The van der Waals surface area contributed by atoms with Crippen LogP contribution in [0.4, 0.5) is 10.5 Å². The van der Waals surface area contributed by atoms with Crippen molar-refractivity contribution < 1.29 is 14.6 Å². The Morgan fingerprint density at radius 3 is 2.78 bits per heavy atom. The minimum absolute atomic E-state index is 0.0542. The predicted octanol–water partition coefficient (Wildman–Crippen LogP) is 3.89. The Labute approximate surface area is 142 Å². The highest BCUT2D eigenvalue weighted by Gasteiger charge is 2.38. The van der Waals surface area contributed by atoms with Crippen LogP contribution >= 0.6 is 11.6 Å². The van der Waals surface area contributed by atoms with Crippen molar-refractivity contribution >= 4 is 23.3 Å². The summed E-state index contributed by atoms with van der Waals surface area (Å²) in [6.07, 6.45) is 1.62. The first kappa shape index (κ1) is 17.9. The minimum Gasteiger partial charge on any atom is -0.487 e. The number of benzene rings is 1. The monoisotopic (exact) mass is 340 g/mol. The van der Waals surface area contributed by atoms with Crippen LogP contribution in [0.25, 0.3) is 0 Å². The van der Waals surface area contributed by atoms with Gasteiger partial charge in [0.25, 0.3) is 0 Å². The highest BCUT2D eigenvalue weighted by atomic mass is 35.5. The summed E-state index contributed by atoms with van der Waals surface area (Å²) < 4.78 is 5.72. The molecule has 6 heteroatoms. The number of hydrogen-bond acceptors (Lipinski definition) is 3. The number of halogens is 1. The van der Waals surface area contributed by atoms with E-state index in [-0.39, 0.29) is 18.2 Å². The van der Waals surface area contributed by atoms with Crippen LogP contribution in [0.15, 0.2) is 18.2 Å². The van der Waals surface area contributed by atoms with E-state index in [0.717, 1.165) is 12.8 Å². The fourth-order valence-electron chi connectivity index (χ4n) is 2.89. The minimum atomic E-state index is -0.931.